The van der Waals surface area contributed by atoms with E-state index in [4.69, 9.17) is 14.2 Å². The first-order chi connectivity index (χ1) is 15.3. The third-order valence-corrected chi connectivity index (χ3v) is 5.18. The lowest BCUT2D eigenvalue weighted by atomic mass is 10.1. The molecule has 3 rings (SSSR count). The highest BCUT2D eigenvalue weighted by molar-refractivity contribution is 7.14. The van der Waals surface area contributed by atoms with Crippen LogP contribution in [0.15, 0.2) is 41.8 Å². The number of hydrogen-bond acceptors (Lipinski definition) is 9. The molecule has 11 heteroatoms. The van der Waals surface area contributed by atoms with E-state index in [0.29, 0.717) is 28.3 Å². The van der Waals surface area contributed by atoms with E-state index in [1.165, 1.54) is 30.6 Å². The molecule has 0 saturated heterocycles. The number of aryl methyl sites for hydroxylation is 1. The number of nitrogens with zero attached hydrogens (tertiary/aromatic N) is 2. The number of hydrogen-bond donors (Lipinski definition) is 1. The van der Waals surface area contributed by atoms with Crippen molar-refractivity contribution in [1.82, 2.24) is 4.98 Å². The second kappa shape index (κ2) is 9.88. The van der Waals surface area contributed by atoms with Crippen LogP contribution in [0.1, 0.15) is 15.9 Å². The number of benzene rings is 2. The van der Waals surface area contributed by atoms with E-state index in [2.05, 4.69) is 10.3 Å². The van der Waals surface area contributed by atoms with Crippen molar-refractivity contribution in [2.75, 3.05) is 26.1 Å². The second-order valence-electron chi connectivity index (χ2n) is 6.45. The molecule has 0 spiro atoms. The lowest BCUT2D eigenvalue weighted by Crippen LogP contribution is -2.21. The number of nitro benzene ring substituents is 1. The summed E-state index contributed by atoms with van der Waals surface area (Å²) in [6.07, 6.45) is 0. The SMILES string of the molecule is COc1ccc(OC)c(-c2csc(NC(=O)COC(=O)c3c(C)cccc3[N+](=O)[O-])n2)c1. The molecule has 3 aromatic rings. The Morgan fingerprint density at radius 1 is 1.19 bits per heavy atom. The zero-order valence-electron chi connectivity index (χ0n) is 17.4. The number of ether oxygens (including phenoxy) is 3. The summed E-state index contributed by atoms with van der Waals surface area (Å²) in [7, 11) is 3.08. The Bertz CT molecular complexity index is 1180. The van der Waals surface area contributed by atoms with Gasteiger partial charge in [-0.3, -0.25) is 20.2 Å². The van der Waals surface area contributed by atoms with Crippen molar-refractivity contribution in [2.45, 2.75) is 6.92 Å². The fourth-order valence-electron chi connectivity index (χ4n) is 2.90. The maximum atomic E-state index is 12.3. The summed E-state index contributed by atoms with van der Waals surface area (Å²) in [6, 6.07) is 9.48. The molecule has 0 bridgehead atoms. The molecule has 0 fully saturated rings. The molecule has 32 heavy (non-hydrogen) atoms. The smallest absolute Gasteiger partial charge is 0.345 e. The Kier molecular flexibility index (Phi) is 7.00. The van der Waals surface area contributed by atoms with E-state index in [1.54, 1.807) is 43.7 Å². The van der Waals surface area contributed by atoms with Gasteiger partial charge in [0.05, 0.1) is 24.8 Å². The average molecular weight is 457 g/mol. The molecule has 0 aliphatic heterocycles. The van der Waals surface area contributed by atoms with Gasteiger partial charge in [-0.1, -0.05) is 12.1 Å². The molecular formula is C21H19N3O7S. The standard InChI is InChI=1S/C21H19N3O7S/c1-12-5-4-6-16(24(27)28)19(12)20(26)31-10-18(25)23-21-22-15(11-32-21)14-9-13(29-2)7-8-17(14)30-3/h4-9,11H,10H2,1-3H3,(H,22,23,25). The summed E-state index contributed by atoms with van der Waals surface area (Å²) in [5.41, 5.74) is 1.05. The Hall–Kier alpha value is -3.99. The van der Waals surface area contributed by atoms with Gasteiger partial charge in [-0.15, -0.1) is 11.3 Å². The fourth-order valence-corrected chi connectivity index (χ4v) is 3.62. The molecule has 0 atom stereocenters. The third kappa shape index (κ3) is 5.01. The van der Waals surface area contributed by atoms with Crippen molar-refractivity contribution in [3.05, 3.63) is 63.0 Å². The fraction of sp³-hybridized carbons (Fsp3) is 0.190. The van der Waals surface area contributed by atoms with E-state index in [-0.39, 0.29) is 16.4 Å². The highest BCUT2D eigenvalue weighted by Crippen LogP contribution is 2.35. The van der Waals surface area contributed by atoms with Crippen LogP contribution in [0.4, 0.5) is 10.8 Å². The number of amides is 1. The van der Waals surface area contributed by atoms with E-state index in [1.807, 2.05) is 0 Å². The number of carbonyl (C=O) groups excluding carboxylic acids is 2. The van der Waals surface area contributed by atoms with Gasteiger partial charge in [-0.05, 0) is 30.7 Å². The number of nitrogens with one attached hydrogen (secondary N) is 1. The summed E-state index contributed by atoms with van der Waals surface area (Å²) < 4.78 is 15.6. The Morgan fingerprint density at radius 3 is 2.66 bits per heavy atom. The molecule has 0 aliphatic carbocycles. The number of thiazole rings is 1. The molecule has 0 unspecified atom stereocenters. The van der Waals surface area contributed by atoms with Crippen LogP contribution < -0.4 is 14.8 Å². The molecule has 0 radical (unpaired) electrons. The maximum absolute atomic E-state index is 12.3. The van der Waals surface area contributed by atoms with Crippen LogP contribution in [0.3, 0.4) is 0 Å². The topological polar surface area (TPSA) is 130 Å². The van der Waals surface area contributed by atoms with Crippen LogP contribution in [-0.2, 0) is 9.53 Å². The summed E-state index contributed by atoms with van der Waals surface area (Å²) >= 11 is 1.18. The van der Waals surface area contributed by atoms with Gasteiger partial charge >= 0.3 is 5.97 Å². The summed E-state index contributed by atoms with van der Waals surface area (Å²) in [4.78, 5) is 39.4. The average Bonchev–Trinajstić information content (AvgIpc) is 3.24. The molecule has 2 aromatic carbocycles. The van der Waals surface area contributed by atoms with Gasteiger partial charge in [0.25, 0.3) is 11.6 Å². The lowest BCUT2D eigenvalue weighted by Gasteiger charge is -2.08. The number of carbonyl (C=O) groups is 2. The van der Waals surface area contributed by atoms with Crippen LogP contribution in [0.5, 0.6) is 11.5 Å². The van der Waals surface area contributed by atoms with Crippen LogP contribution in [-0.4, -0.2) is 42.6 Å². The molecule has 1 aromatic heterocycles. The number of rotatable bonds is 8. The first kappa shape index (κ1) is 22.7. The summed E-state index contributed by atoms with van der Waals surface area (Å²) in [5.74, 6) is -0.377. The number of esters is 1. The number of aromatic nitrogens is 1. The monoisotopic (exact) mass is 457 g/mol. The van der Waals surface area contributed by atoms with E-state index >= 15 is 0 Å². The van der Waals surface area contributed by atoms with Gasteiger partial charge < -0.3 is 14.2 Å². The maximum Gasteiger partial charge on any atom is 0.345 e. The van der Waals surface area contributed by atoms with Gasteiger partial charge in [0, 0.05) is 17.0 Å². The van der Waals surface area contributed by atoms with Crippen molar-refractivity contribution in [3.8, 4) is 22.8 Å². The van der Waals surface area contributed by atoms with Crippen molar-refractivity contribution in [1.29, 1.82) is 0 Å². The normalized spacial score (nSPS) is 10.3. The molecule has 0 saturated carbocycles. The molecule has 166 valence electrons. The van der Waals surface area contributed by atoms with E-state index in [0.717, 1.165) is 0 Å². The van der Waals surface area contributed by atoms with Crippen LogP contribution >= 0.6 is 11.3 Å². The molecule has 10 nitrogen and oxygen atoms in total. The second-order valence-corrected chi connectivity index (χ2v) is 7.31. The zero-order valence-corrected chi connectivity index (χ0v) is 18.2. The minimum absolute atomic E-state index is 0.188. The third-order valence-electron chi connectivity index (χ3n) is 4.42. The molecule has 0 aliphatic rings. The Labute approximate surface area is 186 Å². The molecule has 1 amide bonds. The van der Waals surface area contributed by atoms with E-state index < -0.39 is 23.4 Å². The van der Waals surface area contributed by atoms with Gasteiger partial charge in [-0.2, -0.15) is 0 Å². The largest absolute Gasteiger partial charge is 0.497 e. The van der Waals surface area contributed by atoms with Crippen molar-refractivity contribution in [2.24, 2.45) is 0 Å². The molecular weight excluding hydrogens is 438 g/mol. The van der Waals surface area contributed by atoms with Crippen molar-refractivity contribution >= 4 is 34.0 Å². The van der Waals surface area contributed by atoms with Gasteiger partial charge in [-0.25, -0.2) is 9.78 Å². The van der Waals surface area contributed by atoms with Crippen LogP contribution in [0, 0.1) is 17.0 Å². The minimum atomic E-state index is -0.953. The first-order valence-electron chi connectivity index (χ1n) is 9.23. The Balaban J connectivity index is 1.67. The number of anilines is 1. The number of nitro groups is 1. The summed E-state index contributed by atoms with van der Waals surface area (Å²) in [5, 5.41) is 15.7. The predicted molar refractivity (Wildman–Crippen MR) is 117 cm³/mol. The van der Waals surface area contributed by atoms with Gasteiger partial charge in [0.15, 0.2) is 11.7 Å². The van der Waals surface area contributed by atoms with Crippen molar-refractivity contribution in [3.63, 3.8) is 0 Å². The first-order valence-corrected chi connectivity index (χ1v) is 10.1. The minimum Gasteiger partial charge on any atom is -0.497 e. The van der Waals surface area contributed by atoms with E-state index in [9.17, 15) is 19.7 Å². The van der Waals surface area contributed by atoms with Crippen molar-refractivity contribution < 1.29 is 28.7 Å². The molecule has 1 N–H and O–H groups in total. The van der Waals surface area contributed by atoms with Gasteiger partial charge in [0.2, 0.25) is 0 Å². The zero-order chi connectivity index (χ0) is 23.3. The number of methoxy groups -OCH3 is 2. The highest BCUT2D eigenvalue weighted by atomic mass is 32.1. The quantitative estimate of drug-likeness (QED) is 0.307. The lowest BCUT2D eigenvalue weighted by molar-refractivity contribution is -0.385. The predicted octanol–water partition coefficient (Wildman–Crippen LogP) is 3.84. The van der Waals surface area contributed by atoms with Crippen LogP contribution in [0.2, 0.25) is 0 Å². The van der Waals surface area contributed by atoms with Gasteiger partial charge in [0.1, 0.15) is 17.1 Å². The highest BCUT2D eigenvalue weighted by Gasteiger charge is 2.24. The summed E-state index contributed by atoms with van der Waals surface area (Å²) in [6.45, 7) is 0.926. The Morgan fingerprint density at radius 2 is 1.97 bits per heavy atom. The molecule has 1 heterocycles. The van der Waals surface area contributed by atoms with Crippen LogP contribution in [0.25, 0.3) is 11.3 Å².